The molecule has 3 fully saturated rings. The Kier molecular flexibility index (Phi) is 5.19. The first-order valence-electron chi connectivity index (χ1n) is 9.83. The van der Waals surface area contributed by atoms with Crippen LogP contribution in [0.3, 0.4) is 0 Å². The summed E-state index contributed by atoms with van der Waals surface area (Å²) >= 11 is 0. The quantitative estimate of drug-likeness (QED) is 0.877. The number of aryl methyl sites for hydroxylation is 1. The molecular formula is C21H28FN3O2. The number of halogens is 1. The predicted octanol–water partition coefficient (Wildman–Crippen LogP) is 2.73. The van der Waals surface area contributed by atoms with Crippen molar-refractivity contribution in [1.29, 1.82) is 0 Å². The van der Waals surface area contributed by atoms with Crippen molar-refractivity contribution in [2.75, 3.05) is 39.9 Å². The van der Waals surface area contributed by atoms with Crippen molar-refractivity contribution in [2.45, 2.75) is 32.2 Å². The molecule has 1 N–H and O–H groups in total. The number of hydrogen-bond acceptors (Lipinski definition) is 3. The number of para-hydroxylation sites is 1. The second-order valence-corrected chi connectivity index (χ2v) is 7.95. The summed E-state index contributed by atoms with van der Waals surface area (Å²) in [6, 6.07) is 5.47. The van der Waals surface area contributed by atoms with Crippen molar-refractivity contribution in [3.05, 3.63) is 35.3 Å². The molecule has 0 radical (unpaired) electrons. The van der Waals surface area contributed by atoms with Crippen molar-refractivity contribution in [2.24, 2.45) is 5.92 Å². The predicted molar refractivity (Wildman–Crippen MR) is 103 cm³/mol. The maximum atomic E-state index is 14.0. The fourth-order valence-corrected chi connectivity index (χ4v) is 4.72. The lowest BCUT2D eigenvalue weighted by Crippen LogP contribution is -2.45. The van der Waals surface area contributed by atoms with Crippen LogP contribution in [0, 0.1) is 18.7 Å². The first-order chi connectivity index (χ1) is 13.1. The van der Waals surface area contributed by atoms with Crippen molar-refractivity contribution in [3.8, 4) is 0 Å². The topological polar surface area (TPSA) is 48.6 Å². The molecule has 146 valence electrons. The SMILES string of the molecule is COCCN1C[C@@H]2CC[C@H]1CN(C(=O)Cc1c(C)[nH]c3c(F)cccc13)C2. The number of amides is 1. The summed E-state index contributed by atoms with van der Waals surface area (Å²) in [5.74, 6) is 0.413. The minimum Gasteiger partial charge on any atom is -0.383 e. The molecule has 0 spiro atoms. The van der Waals surface area contributed by atoms with E-state index < -0.39 is 0 Å². The van der Waals surface area contributed by atoms with Crippen molar-refractivity contribution in [3.63, 3.8) is 0 Å². The number of carbonyl (C=O) groups is 1. The van der Waals surface area contributed by atoms with E-state index in [1.807, 2.05) is 17.9 Å². The smallest absolute Gasteiger partial charge is 0.227 e. The Balaban J connectivity index is 1.51. The van der Waals surface area contributed by atoms with Gasteiger partial charge in [-0.05, 0) is 37.3 Å². The zero-order chi connectivity index (χ0) is 19.0. The van der Waals surface area contributed by atoms with Gasteiger partial charge >= 0.3 is 0 Å². The Morgan fingerprint density at radius 3 is 2.96 bits per heavy atom. The number of hydrogen-bond donors (Lipinski definition) is 1. The molecule has 2 atom stereocenters. The molecule has 0 unspecified atom stereocenters. The summed E-state index contributed by atoms with van der Waals surface area (Å²) in [4.78, 5) is 20.7. The lowest BCUT2D eigenvalue weighted by molar-refractivity contribution is -0.130. The molecule has 1 aromatic heterocycles. The molecule has 4 heterocycles. The number of nitrogens with zero attached hydrogens (tertiary/aromatic N) is 2. The van der Waals surface area contributed by atoms with Crippen LogP contribution in [-0.4, -0.2) is 66.6 Å². The normalized spacial score (nSPS) is 23.1. The van der Waals surface area contributed by atoms with E-state index in [0.29, 0.717) is 23.9 Å². The second kappa shape index (κ2) is 7.60. The van der Waals surface area contributed by atoms with E-state index >= 15 is 0 Å². The first-order valence-corrected chi connectivity index (χ1v) is 9.83. The van der Waals surface area contributed by atoms with Gasteiger partial charge in [0.2, 0.25) is 5.91 Å². The van der Waals surface area contributed by atoms with Crippen LogP contribution in [0.15, 0.2) is 18.2 Å². The number of aromatic nitrogens is 1. The standard InChI is InChI=1S/C21H28FN3O2/c1-14-18(17-4-3-5-19(22)21(17)23-14)10-20(26)25-12-15-6-7-16(13-25)24(11-15)8-9-27-2/h3-5,15-16,23H,6-13H2,1-2H3/t15-,16-/m0/s1. The highest BCUT2D eigenvalue weighted by atomic mass is 19.1. The van der Waals surface area contributed by atoms with Gasteiger partial charge in [0, 0.05) is 50.4 Å². The third-order valence-electron chi connectivity index (χ3n) is 6.19. The highest BCUT2D eigenvalue weighted by Gasteiger charge is 2.36. The van der Waals surface area contributed by atoms with Gasteiger partial charge in [0.05, 0.1) is 18.5 Å². The van der Waals surface area contributed by atoms with E-state index in [1.165, 1.54) is 12.5 Å². The summed E-state index contributed by atoms with van der Waals surface area (Å²) in [7, 11) is 1.73. The average Bonchev–Trinajstić information content (AvgIpc) is 2.81. The van der Waals surface area contributed by atoms with Crippen LogP contribution in [0.5, 0.6) is 0 Å². The number of nitrogens with one attached hydrogen (secondary N) is 1. The third-order valence-corrected chi connectivity index (χ3v) is 6.19. The Bertz CT molecular complexity index is 834. The van der Waals surface area contributed by atoms with Crippen molar-refractivity contribution >= 4 is 16.8 Å². The number of rotatable bonds is 5. The number of ether oxygens (including phenoxy) is 1. The highest BCUT2D eigenvalue weighted by molar-refractivity contribution is 5.90. The summed E-state index contributed by atoms with van der Waals surface area (Å²) in [6.07, 6.45) is 2.66. The van der Waals surface area contributed by atoms with Gasteiger partial charge in [-0.25, -0.2) is 4.39 Å². The zero-order valence-corrected chi connectivity index (χ0v) is 16.1. The van der Waals surface area contributed by atoms with Crippen LogP contribution >= 0.6 is 0 Å². The number of methoxy groups -OCH3 is 1. The zero-order valence-electron chi connectivity index (χ0n) is 16.1. The fourth-order valence-electron chi connectivity index (χ4n) is 4.72. The second-order valence-electron chi connectivity index (χ2n) is 7.95. The van der Waals surface area contributed by atoms with Crippen LogP contribution in [0.1, 0.15) is 24.1 Å². The molecule has 2 aromatic rings. The largest absolute Gasteiger partial charge is 0.383 e. The molecule has 3 saturated heterocycles. The minimum atomic E-state index is -0.268. The van der Waals surface area contributed by atoms with Gasteiger partial charge in [-0.1, -0.05) is 12.1 Å². The average molecular weight is 373 g/mol. The number of fused-ring (bicyclic) bond motifs is 5. The van der Waals surface area contributed by atoms with Crippen LogP contribution in [-0.2, 0) is 16.0 Å². The number of H-pyrrole nitrogens is 1. The molecule has 0 aliphatic carbocycles. The van der Waals surface area contributed by atoms with Gasteiger partial charge in [0.25, 0.3) is 0 Å². The first kappa shape index (κ1) is 18.4. The molecule has 1 amide bonds. The highest BCUT2D eigenvalue weighted by Crippen LogP contribution is 2.29. The molecule has 3 aliphatic heterocycles. The lowest BCUT2D eigenvalue weighted by atomic mass is 9.95. The van der Waals surface area contributed by atoms with Gasteiger partial charge in [-0.15, -0.1) is 0 Å². The molecule has 6 heteroatoms. The molecule has 5 rings (SSSR count). The van der Waals surface area contributed by atoms with Crippen LogP contribution in [0.2, 0.25) is 0 Å². The number of carbonyl (C=O) groups excluding carboxylic acids is 1. The maximum Gasteiger partial charge on any atom is 0.227 e. The van der Waals surface area contributed by atoms with Gasteiger partial charge < -0.3 is 14.6 Å². The number of aromatic amines is 1. The molecule has 1 aromatic carbocycles. The third kappa shape index (κ3) is 3.60. The van der Waals surface area contributed by atoms with Gasteiger partial charge in [0.15, 0.2) is 0 Å². The molecule has 27 heavy (non-hydrogen) atoms. The number of piperidine rings is 1. The van der Waals surface area contributed by atoms with Gasteiger partial charge in [-0.2, -0.15) is 0 Å². The molecule has 2 bridgehead atoms. The number of benzene rings is 1. The monoisotopic (exact) mass is 373 g/mol. The minimum absolute atomic E-state index is 0.147. The lowest BCUT2D eigenvalue weighted by Gasteiger charge is -2.35. The fraction of sp³-hybridized carbons (Fsp3) is 0.571. The Labute approximate surface area is 159 Å². The molecular weight excluding hydrogens is 345 g/mol. The van der Waals surface area contributed by atoms with E-state index in [-0.39, 0.29) is 11.7 Å². The summed E-state index contributed by atoms with van der Waals surface area (Å²) < 4.78 is 19.3. The van der Waals surface area contributed by atoms with E-state index in [2.05, 4.69) is 9.88 Å². The van der Waals surface area contributed by atoms with Gasteiger partial charge in [0.1, 0.15) is 5.82 Å². The van der Waals surface area contributed by atoms with E-state index in [1.54, 1.807) is 13.2 Å². The molecule has 0 saturated carbocycles. The Hall–Kier alpha value is -1.92. The summed E-state index contributed by atoms with van der Waals surface area (Å²) in [6.45, 7) is 6.25. The Morgan fingerprint density at radius 1 is 1.30 bits per heavy atom. The van der Waals surface area contributed by atoms with Gasteiger partial charge in [-0.3, -0.25) is 9.69 Å². The Morgan fingerprint density at radius 2 is 2.15 bits per heavy atom. The molecule has 3 aliphatic rings. The van der Waals surface area contributed by atoms with E-state index in [4.69, 9.17) is 4.74 Å². The van der Waals surface area contributed by atoms with Crippen molar-refractivity contribution < 1.29 is 13.9 Å². The summed E-state index contributed by atoms with van der Waals surface area (Å²) in [5.41, 5.74) is 2.30. The van der Waals surface area contributed by atoms with Crippen LogP contribution < -0.4 is 0 Å². The van der Waals surface area contributed by atoms with Crippen molar-refractivity contribution in [1.82, 2.24) is 14.8 Å². The van der Waals surface area contributed by atoms with Crippen LogP contribution in [0.25, 0.3) is 10.9 Å². The molecule has 5 nitrogen and oxygen atoms in total. The summed E-state index contributed by atoms with van der Waals surface area (Å²) in [5, 5.41) is 0.820. The van der Waals surface area contributed by atoms with E-state index in [0.717, 1.165) is 55.9 Å². The van der Waals surface area contributed by atoms with Crippen LogP contribution in [0.4, 0.5) is 4.39 Å². The maximum absolute atomic E-state index is 14.0. The van der Waals surface area contributed by atoms with E-state index in [9.17, 15) is 9.18 Å².